The number of carbonyl (C=O) groups is 1. The minimum Gasteiger partial charge on any atom is -0.349 e. The topological polar surface area (TPSA) is 52.2 Å². The van der Waals surface area contributed by atoms with E-state index in [1.807, 2.05) is 29.2 Å². The van der Waals surface area contributed by atoms with Gasteiger partial charge in [0.1, 0.15) is 5.69 Å². The van der Waals surface area contributed by atoms with Gasteiger partial charge in [0.05, 0.1) is 11.0 Å². The summed E-state index contributed by atoms with van der Waals surface area (Å²) in [6.07, 6.45) is 1.74. The van der Waals surface area contributed by atoms with Crippen molar-refractivity contribution in [3.8, 4) is 0 Å². The molecule has 2 aromatic heterocycles. The predicted molar refractivity (Wildman–Crippen MR) is 93.7 cm³/mol. The molecule has 4 rings (SSSR count). The number of benzene rings is 1. The molecular weight excluding hydrogens is 300 g/mol. The first-order chi connectivity index (χ1) is 11.8. The zero-order chi connectivity index (χ0) is 16.4. The fourth-order valence-corrected chi connectivity index (χ4v) is 3.19. The maximum absolute atomic E-state index is 12.7. The smallest absolute Gasteiger partial charge is 0.270 e. The molecule has 0 aliphatic carbocycles. The summed E-state index contributed by atoms with van der Waals surface area (Å²) in [5, 5.41) is 0. The SMILES string of the molecule is O=C(c1cc2ncccc2[nH]1)N1CCN(Cc2ccccc2)CC1. The molecule has 122 valence electrons. The Labute approximate surface area is 140 Å². The molecule has 1 aliphatic rings. The molecule has 3 heterocycles. The third-order valence-corrected chi connectivity index (χ3v) is 4.53. The molecule has 1 saturated heterocycles. The zero-order valence-corrected chi connectivity index (χ0v) is 13.5. The van der Waals surface area contributed by atoms with Crippen molar-refractivity contribution in [2.24, 2.45) is 0 Å². The van der Waals surface area contributed by atoms with Gasteiger partial charge in [0.15, 0.2) is 0 Å². The number of pyridine rings is 1. The molecule has 0 radical (unpaired) electrons. The van der Waals surface area contributed by atoms with Crippen molar-refractivity contribution in [3.63, 3.8) is 0 Å². The number of fused-ring (bicyclic) bond motifs is 1. The Bertz CT molecular complexity index is 802. The third-order valence-electron chi connectivity index (χ3n) is 4.53. The van der Waals surface area contributed by atoms with Crippen LogP contribution in [0.15, 0.2) is 54.7 Å². The highest BCUT2D eigenvalue weighted by atomic mass is 16.2. The summed E-state index contributed by atoms with van der Waals surface area (Å²) in [5.41, 5.74) is 3.69. The summed E-state index contributed by atoms with van der Waals surface area (Å²) in [5.74, 6) is 0.0624. The van der Waals surface area contributed by atoms with Crippen LogP contribution in [0.2, 0.25) is 0 Å². The van der Waals surface area contributed by atoms with Crippen molar-refractivity contribution in [1.29, 1.82) is 0 Å². The summed E-state index contributed by atoms with van der Waals surface area (Å²) >= 11 is 0. The molecule has 5 heteroatoms. The van der Waals surface area contributed by atoms with Crippen molar-refractivity contribution < 1.29 is 4.79 Å². The lowest BCUT2D eigenvalue weighted by Gasteiger charge is -2.34. The maximum Gasteiger partial charge on any atom is 0.270 e. The molecule has 1 amide bonds. The molecule has 0 unspecified atom stereocenters. The lowest BCUT2D eigenvalue weighted by atomic mass is 10.2. The van der Waals surface area contributed by atoms with Crippen LogP contribution in [0.5, 0.6) is 0 Å². The summed E-state index contributed by atoms with van der Waals surface area (Å²) in [7, 11) is 0. The van der Waals surface area contributed by atoms with E-state index in [0.29, 0.717) is 5.69 Å². The van der Waals surface area contributed by atoms with E-state index in [1.165, 1.54) is 5.56 Å². The van der Waals surface area contributed by atoms with Crippen LogP contribution < -0.4 is 0 Å². The first-order valence-electron chi connectivity index (χ1n) is 8.29. The van der Waals surface area contributed by atoms with Crippen molar-refractivity contribution in [1.82, 2.24) is 19.8 Å². The van der Waals surface area contributed by atoms with Crippen molar-refractivity contribution in [2.45, 2.75) is 6.54 Å². The molecule has 0 spiro atoms. The molecule has 1 aromatic carbocycles. The maximum atomic E-state index is 12.7. The van der Waals surface area contributed by atoms with Gasteiger partial charge in [0, 0.05) is 38.9 Å². The second-order valence-corrected chi connectivity index (χ2v) is 6.17. The first-order valence-corrected chi connectivity index (χ1v) is 8.29. The number of piperazine rings is 1. The van der Waals surface area contributed by atoms with Gasteiger partial charge in [0.2, 0.25) is 0 Å². The van der Waals surface area contributed by atoms with Gasteiger partial charge in [-0.15, -0.1) is 0 Å². The number of H-pyrrole nitrogens is 1. The van der Waals surface area contributed by atoms with Crippen LogP contribution in [0.4, 0.5) is 0 Å². The summed E-state index contributed by atoms with van der Waals surface area (Å²) in [4.78, 5) is 24.5. The lowest BCUT2D eigenvalue weighted by molar-refractivity contribution is 0.0623. The van der Waals surface area contributed by atoms with Crippen molar-refractivity contribution >= 4 is 16.9 Å². The Morgan fingerprint density at radius 1 is 1.04 bits per heavy atom. The Hall–Kier alpha value is -2.66. The van der Waals surface area contributed by atoms with Crippen molar-refractivity contribution in [3.05, 3.63) is 66.0 Å². The quantitative estimate of drug-likeness (QED) is 0.807. The van der Waals surface area contributed by atoms with Gasteiger partial charge in [0.25, 0.3) is 5.91 Å². The number of aromatic nitrogens is 2. The molecule has 1 fully saturated rings. The molecule has 0 bridgehead atoms. The normalized spacial score (nSPS) is 15.8. The second kappa shape index (κ2) is 6.45. The Morgan fingerprint density at radius 2 is 1.83 bits per heavy atom. The molecule has 1 N–H and O–H groups in total. The van der Waals surface area contributed by atoms with E-state index in [2.05, 4.69) is 39.1 Å². The number of hydrogen-bond acceptors (Lipinski definition) is 3. The van der Waals surface area contributed by atoms with E-state index in [1.54, 1.807) is 6.20 Å². The van der Waals surface area contributed by atoms with Crippen LogP contribution in [0.3, 0.4) is 0 Å². The minimum absolute atomic E-state index is 0.0624. The highest BCUT2D eigenvalue weighted by molar-refractivity contribution is 5.97. The second-order valence-electron chi connectivity index (χ2n) is 6.17. The average molecular weight is 320 g/mol. The van der Waals surface area contributed by atoms with E-state index in [-0.39, 0.29) is 5.91 Å². The molecule has 0 saturated carbocycles. The highest BCUT2D eigenvalue weighted by Gasteiger charge is 2.23. The minimum atomic E-state index is 0.0624. The predicted octanol–water partition coefficient (Wildman–Crippen LogP) is 2.52. The molecule has 1 aliphatic heterocycles. The Balaban J connectivity index is 1.39. The van der Waals surface area contributed by atoms with E-state index < -0.39 is 0 Å². The standard InChI is InChI=1S/C19H20N4O/c24-19(18-13-17-16(21-18)7-4-8-20-17)23-11-9-22(10-12-23)14-15-5-2-1-3-6-15/h1-8,13,21H,9-12,14H2. The molecule has 5 nitrogen and oxygen atoms in total. The Morgan fingerprint density at radius 3 is 2.58 bits per heavy atom. The number of nitrogens with zero attached hydrogens (tertiary/aromatic N) is 3. The fourth-order valence-electron chi connectivity index (χ4n) is 3.19. The van der Waals surface area contributed by atoms with Gasteiger partial charge in [-0.1, -0.05) is 30.3 Å². The van der Waals surface area contributed by atoms with Crippen LogP contribution in [-0.2, 0) is 6.54 Å². The van der Waals surface area contributed by atoms with Gasteiger partial charge in [-0.3, -0.25) is 14.7 Å². The van der Waals surface area contributed by atoms with Crippen LogP contribution >= 0.6 is 0 Å². The molecule has 24 heavy (non-hydrogen) atoms. The number of aromatic amines is 1. The van der Waals surface area contributed by atoms with Crippen molar-refractivity contribution in [2.75, 3.05) is 26.2 Å². The van der Waals surface area contributed by atoms with E-state index in [9.17, 15) is 4.79 Å². The Kier molecular flexibility index (Phi) is 4.01. The van der Waals surface area contributed by atoms with Gasteiger partial charge >= 0.3 is 0 Å². The van der Waals surface area contributed by atoms with E-state index in [4.69, 9.17) is 0 Å². The lowest BCUT2D eigenvalue weighted by Crippen LogP contribution is -2.48. The number of amides is 1. The van der Waals surface area contributed by atoms with Gasteiger partial charge in [-0.05, 0) is 23.8 Å². The summed E-state index contributed by atoms with van der Waals surface area (Å²) < 4.78 is 0. The number of hydrogen-bond donors (Lipinski definition) is 1. The molecule has 3 aromatic rings. The van der Waals surface area contributed by atoms with Crippen LogP contribution in [0.1, 0.15) is 16.1 Å². The summed E-state index contributed by atoms with van der Waals surface area (Å²) in [6.45, 7) is 4.26. The van der Waals surface area contributed by atoms with Crippen LogP contribution in [0.25, 0.3) is 11.0 Å². The fraction of sp³-hybridized carbons (Fsp3) is 0.263. The van der Waals surface area contributed by atoms with E-state index >= 15 is 0 Å². The summed E-state index contributed by atoms with van der Waals surface area (Å²) in [6, 6.07) is 16.1. The van der Waals surface area contributed by atoms with E-state index in [0.717, 1.165) is 43.8 Å². The number of carbonyl (C=O) groups excluding carboxylic acids is 1. The zero-order valence-electron chi connectivity index (χ0n) is 13.5. The molecule has 0 atom stereocenters. The van der Waals surface area contributed by atoms with Crippen LogP contribution in [0, 0.1) is 0 Å². The van der Waals surface area contributed by atoms with Crippen LogP contribution in [-0.4, -0.2) is 51.9 Å². The van der Waals surface area contributed by atoms with Gasteiger partial charge in [-0.25, -0.2) is 0 Å². The monoisotopic (exact) mass is 320 g/mol. The number of rotatable bonds is 3. The first kappa shape index (κ1) is 14.9. The average Bonchev–Trinajstić information content (AvgIpc) is 3.07. The third kappa shape index (κ3) is 3.03. The van der Waals surface area contributed by atoms with Gasteiger partial charge < -0.3 is 9.88 Å². The van der Waals surface area contributed by atoms with Gasteiger partial charge in [-0.2, -0.15) is 0 Å². The highest BCUT2D eigenvalue weighted by Crippen LogP contribution is 2.15. The molecular formula is C19H20N4O. The largest absolute Gasteiger partial charge is 0.349 e. The number of nitrogens with one attached hydrogen (secondary N) is 1.